The average molecular weight is 913 g/mol. The molecule has 0 spiro atoms. The van der Waals surface area contributed by atoms with Crippen molar-refractivity contribution in [1.29, 1.82) is 0 Å². The van der Waals surface area contributed by atoms with Crippen LogP contribution in [0.2, 0.25) is 0 Å². The Labute approximate surface area is 407 Å². The number of unbranched alkanes of at least 4 members (excludes halogenated alkanes) is 17. The van der Waals surface area contributed by atoms with Gasteiger partial charge in [-0.05, 0) is 109 Å². The first-order valence-electron chi connectivity index (χ1n) is 27.1. The van der Waals surface area contributed by atoms with Crippen LogP contribution in [0.15, 0.2) is 122 Å². The molecule has 0 bridgehead atoms. The minimum absolute atomic E-state index is 0.0487. The quantitative estimate of drug-likeness (QED) is 0.0346. The second-order valence-corrected chi connectivity index (χ2v) is 17.4. The first kappa shape index (κ1) is 62.3. The zero-order valence-electron chi connectivity index (χ0n) is 42.9. The van der Waals surface area contributed by atoms with Gasteiger partial charge in [-0.2, -0.15) is 0 Å². The molecule has 0 aromatic carbocycles. The van der Waals surface area contributed by atoms with E-state index in [0.717, 1.165) is 128 Å². The molecular weight excluding hydrogens is 813 g/mol. The van der Waals surface area contributed by atoms with Gasteiger partial charge in [-0.3, -0.25) is 9.59 Å². The molecule has 0 aliphatic carbocycles. The third-order valence-corrected chi connectivity index (χ3v) is 11.0. The van der Waals surface area contributed by atoms with Crippen LogP contribution >= 0.6 is 0 Å². The van der Waals surface area contributed by atoms with Gasteiger partial charge in [0.1, 0.15) is 6.61 Å². The van der Waals surface area contributed by atoms with Crippen LogP contribution in [-0.2, 0) is 23.8 Å². The first-order valence-corrected chi connectivity index (χ1v) is 27.1. The second-order valence-electron chi connectivity index (χ2n) is 17.4. The van der Waals surface area contributed by atoms with Crippen LogP contribution in [0.1, 0.15) is 226 Å². The molecule has 66 heavy (non-hydrogen) atoms. The summed E-state index contributed by atoms with van der Waals surface area (Å²) < 4.78 is 17.4. The van der Waals surface area contributed by atoms with Crippen molar-refractivity contribution >= 4 is 11.9 Å². The largest absolute Gasteiger partial charge is 0.462 e. The minimum Gasteiger partial charge on any atom is -0.462 e. The fourth-order valence-electron chi connectivity index (χ4n) is 7.03. The van der Waals surface area contributed by atoms with Crippen LogP contribution in [0.4, 0.5) is 0 Å². The Morgan fingerprint density at radius 1 is 0.348 bits per heavy atom. The van der Waals surface area contributed by atoms with Gasteiger partial charge in [0.2, 0.25) is 0 Å². The van der Waals surface area contributed by atoms with Crippen LogP contribution in [0, 0.1) is 0 Å². The van der Waals surface area contributed by atoms with Crippen molar-refractivity contribution in [2.24, 2.45) is 0 Å². The van der Waals surface area contributed by atoms with E-state index in [0.29, 0.717) is 19.4 Å². The van der Waals surface area contributed by atoms with Gasteiger partial charge in [-0.15, -0.1) is 0 Å². The maximum Gasteiger partial charge on any atom is 0.306 e. The van der Waals surface area contributed by atoms with Crippen molar-refractivity contribution in [3.05, 3.63) is 122 Å². The first-order chi connectivity index (χ1) is 32.6. The molecule has 0 fully saturated rings. The van der Waals surface area contributed by atoms with Crippen molar-refractivity contribution in [3.8, 4) is 0 Å². The number of rotatable bonds is 48. The van der Waals surface area contributed by atoms with Crippen molar-refractivity contribution in [2.75, 3.05) is 19.8 Å². The average Bonchev–Trinajstić information content (AvgIpc) is 3.32. The summed E-state index contributed by atoms with van der Waals surface area (Å²) in [7, 11) is 0. The monoisotopic (exact) mass is 913 g/mol. The lowest BCUT2D eigenvalue weighted by atomic mass is 10.1. The third-order valence-electron chi connectivity index (χ3n) is 11.0. The molecule has 0 radical (unpaired) electrons. The molecule has 374 valence electrons. The number of hydrogen-bond donors (Lipinski definition) is 0. The molecule has 5 nitrogen and oxygen atoms in total. The van der Waals surface area contributed by atoms with Gasteiger partial charge in [0.25, 0.3) is 0 Å². The molecule has 0 aliphatic rings. The fourth-order valence-corrected chi connectivity index (χ4v) is 7.03. The van der Waals surface area contributed by atoms with Gasteiger partial charge in [-0.1, -0.05) is 226 Å². The van der Waals surface area contributed by atoms with E-state index in [-0.39, 0.29) is 25.2 Å². The standard InChI is InChI=1S/C61H100O5/c1-4-7-10-13-16-19-22-25-27-29-31-33-35-37-39-42-45-48-51-54-60(62)65-58-59(57-64-56-53-50-47-44-41-24-21-18-15-12-9-6-3)66-61(63)55-52-49-46-43-40-38-36-34-32-30-28-26-23-20-17-14-11-8-5-2/h7-8,10-11,16-17,19-20,25-28,31-34,37-40,59H,4-6,9,12-15,18,21-24,29-30,35-36,41-58H2,1-3H3/b10-7-,11-8-,19-16-,20-17-,27-25-,28-26-,33-31-,34-32-,39-37-,40-38-. The molecule has 0 saturated heterocycles. The molecule has 5 heteroatoms. The lowest BCUT2D eigenvalue weighted by Crippen LogP contribution is -2.30. The van der Waals surface area contributed by atoms with E-state index in [1.165, 1.54) is 64.2 Å². The normalized spacial score (nSPS) is 13.2. The highest BCUT2D eigenvalue weighted by molar-refractivity contribution is 5.70. The van der Waals surface area contributed by atoms with Crippen molar-refractivity contribution < 1.29 is 23.8 Å². The van der Waals surface area contributed by atoms with Gasteiger partial charge in [0.05, 0.1) is 6.61 Å². The molecule has 0 heterocycles. The van der Waals surface area contributed by atoms with Crippen molar-refractivity contribution in [3.63, 3.8) is 0 Å². The van der Waals surface area contributed by atoms with Gasteiger partial charge in [0, 0.05) is 19.4 Å². The Bertz CT molecular complexity index is 1350. The van der Waals surface area contributed by atoms with Crippen LogP contribution in [0.5, 0.6) is 0 Å². The highest BCUT2D eigenvalue weighted by Gasteiger charge is 2.17. The zero-order valence-corrected chi connectivity index (χ0v) is 42.9. The Balaban J connectivity index is 4.40. The number of allylic oxidation sites excluding steroid dienone is 20. The summed E-state index contributed by atoms with van der Waals surface area (Å²) in [6.45, 7) is 7.53. The minimum atomic E-state index is -0.574. The summed E-state index contributed by atoms with van der Waals surface area (Å²) in [6.07, 6.45) is 77.8. The smallest absolute Gasteiger partial charge is 0.306 e. The van der Waals surface area contributed by atoms with Crippen LogP contribution in [-0.4, -0.2) is 37.9 Å². The summed E-state index contributed by atoms with van der Waals surface area (Å²) in [5.74, 6) is -0.475. The third kappa shape index (κ3) is 52.9. The maximum atomic E-state index is 12.8. The number of carbonyl (C=O) groups is 2. The molecule has 0 aromatic heterocycles. The summed E-state index contributed by atoms with van der Waals surface area (Å²) in [4.78, 5) is 25.4. The highest BCUT2D eigenvalue weighted by atomic mass is 16.6. The summed E-state index contributed by atoms with van der Waals surface area (Å²) in [5, 5.41) is 0. The predicted octanol–water partition coefficient (Wildman–Crippen LogP) is 18.6. The Kier molecular flexibility index (Phi) is 52.5. The van der Waals surface area contributed by atoms with E-state index in [9.17, 15) is 9.59 Å². The molecule has 0 aliphatic heterocycles. The zero-order chi connectivity index (χ0) is 47.7. The lowest BCUT2D eigenvalue weighted by Gasteiger charge is -2.18. The predicted molar refractivity (Wildman–Crippen MR) is 288 cm³/mol. The van der Waals surface area contributed by atoms with Gasteiger partial charge in [0.15, 0.2) is 6.10 Å². The highest BCUT2D eigenvalue weighted by Crippen LogP contribution is 2.13. The van der Waals surface area contributed by atoms with E-state index >= 15 is 0 Å². The molecular formula is C61H100O5. The molecule has 0 saturated carbocycles. The summed E-state index contributed by atoms with van der Waals surface area (Å²) in [6, 6.07) is 0. The summed E-state index contributed by atoms with van der Waals surface area (Å²) >= 11 is 0. The Morgan fingerprint density at radius 2 is 0.682 bits per heavy atom. The Morgan fingerprint density at radius 3 is 1.08 bits per heavy atom. The van der Waals surface area contributed by atoms with Gasteiger partial charge in [-0.25, -0.2) is 0 Å². The second kappa shape index (κ2) is 55.6. The van der Waals surface area contributed by atoms with E-state index in [1.807, 2.05) is 0 Å². The van der Waals surface area contributed by atoms with Gasteiger partial charge < -0.3 is 14.2 Å². The SMILES string of the molecule is CC/C=C\C/C=C\C/C=C\C/C=C\C/C=C\CCCCCC(=O)OCC(COCCCCCCCCCCCCCC)OC(=O)CCCCC/C=C\C/C=C\C/C=C\C/C=C\C/C=C\CC. The van der Waals surface area contributed by atoms with Crippen LogP contribution in [0.3, 0.4) is 0 Å². The molecule has 0 N–H and O–H groups in total. The van der Waals surface area contributed by atoms with Crippen LogP contribution in [0.25, 0.3) is 0 Å². The van der Waals surface area contributed by atoms with E-state index < -0.39 is 6.10 Å². The molecule has 0 rings (SSSR count). The summed E-state index contributed by atoms with van der Waals surface area (Å²) in [5.41, 5.74) is 0. The van der Waals surface area contributed by atoms with Crippen molar-refractivity contribution in [1.82, 2.24) is 0 Å². The number of hydrogen-bond acceptors (Lipinski definition) is 5. The lowest BCUT2D eigenvalue weighted by molar-refractivity contribution is -0.163. The Hall–Kier alpha value is -3.70. The topological polar surface area (TPSA) is 61.8 Å². The van der Waals surface area contributed by atoms with Crippen LogP contribution < -0.4 is 0 Å². The molecule has 1 unspecified atom stereocenters. The number of esters is 2. The molecule has 1 atom stereocenters. The van der Waals surface area contributed by atoms with Gasteiger partial charge >= 0.3 is 11.9 Å². The number of ether oxygens (including phenoxy) is 3. The van der Waals surface area contributed by atoms with E-state index in [1.54, 1.807) is 0 Å². The van der Waals surface area contributed by atoms with E-state index in [2.05, 4.69) is 142 Å². The fraction of sp³-hybridized carbons (Fsp3) is 0.639. The number of carbonyl (C=O) groups excluding carboxylic acids is 2. The maximum absolute atomic E-state index is 12.8. The molecule has 0 aromatic rings. The van der Waals surface area contributed by atoms with Crippen molar-refractivity contribution in [2.45, 2.75) is 232 Å². The van der Waals surface area contributed by atoms with E-state index in [4.69, 9.17) is 14.2 Å². The molecule has 0 amide bonds.